The molecule has 1 amide bonds. The van der Waals surface area contributed by atoms with Gasteiger partial charge in [0.05, 0.1) is 24.5 Å². The van der Waals surface area contributed by atoms with E-state index >= 15 is 0 Å². The van der Waals surface area contributed by atoms with Crippen LogP contribution in [-0.2, 0) is 22.3 Å². The van der Waals surface area contributed by atoms with Gasteiger partial charge >= 0.3 is 6.18 Å². The molecule has 1 aliphatic heterocycles. The van der Waals surface area contributed by atoms with Gasteiger partial charge in [-0.3, -0.25) is 15.0 Å². The van der Waals surface area contributed by atoms with Crippen LogP contribution in [0.1, 0.15) is 16.8 Å². The van der Waals surface area contributed by atoms with E-state index in [0.717, 1.165) is 30.9 Å². The van der Waals surface area contributed by atoms with Crippen molar-refractivity contribution in [1.29, 1.82) is 0 Å². The lowest BCUT2D eigenvalue weighted by Gasteiger charge is -2.25. The number of ether oxygens (including phenoxy) is 1. The van der Waals surface area contributed by atoms with Crippen molar-refractivity contribution in [2.24, 2.45) is 0 Å². The summed E-state index contributed by atoms with van der Waals surface area (Å²) in [6, 6.07) is 4.79. The third-order valence-electron chi connectivity index (χ3n) is 3.91. The molecule has 144 valence electrons. The average Bonchev–Trinajstić information content (AvgIpc) is 3.07. The van der Waals surface area contributed by atoms with Gasteiger partial charge in [0.2, 0.25) is 5.91 Å². The van der Waals surface area contributed by atoms with E-state index < -0.39 is 17.6 Å². The zero-order valence-corrected chi connectivity index (χ0v) is 15.1. The Morgan fingerprint density at radius 3 is 2.85 bits per heavy atom. The third kappa shape index (κ3) is 5.88. The van der Waals surface area contributed by atoms with E-state index in [0.29, 0.717) is 30.5 Å². The predicted molar refractivity (Wildman–Crippen MR) is 97.3 cm³/mol. The molecule has 3 rings (SSSR count). The van der Waals surface area contributed by atoms with Crippen molar-refractivity contribution in [2.45, 2.75) is 12.7 Å². The molecule has 0 spiro atoms. The number of nitrogens with one attached hydrogen (secondary N) is 1. The van der Waals surface area contributed by atoms with Gasteiger partial charge in [-0.15, -0.1) is 11.3 Å². The molecule has 1 saturated heterocycles. The molecule has 9 heteroatoms. The van der Waals surface area contributed by atoms with Crippen LogP contribution in [0.5, 0.6) is 0 Å². The maximum Gasteiger partial charge on any atom is 0.416 e. The quantitative estimate of drug-likeness (QED) is 0.783. The van der Waals surface area contributed by atoms with Gasteiger partial charge in [-0.25, -0.2) is 4.98 Å². The summed E-state index contributed by atoms with van der Waals surface area (Å²) >= 11 is 1.31. The minimum Gasteiger partial charge on any atom is -0.379 e. The Morgan fingerprint density at radius 2 is 2.11 bits per heavy atom. The van der Waals surface area contributed by atoms with E-state index in [1.54, 1.807) is 0 Å². The molecule has 0 radical (unpaired) electrons. The van der Waals surface area contributed by atoms with Gasteiger partial charge in [-0.1, -0.05) is 12.1 Å². The van der Waals surface area contributed by atoms with E-state index in [1.165, 1.54) is 35.6 Å². The first-order chi connectivity index (χ1) is 12.9. The second-order valence-corrected chi connectivity index (χ2v) is 6.84. The molecule has 0 unspecified atom stereocenters. The number of amides is 1. The van der Waals surface area contributed by atoms with Crippen molar-refractivity contribution in [3.8, 4) is 0 Å². The van der Waals surface area contributed by atoms with Crippen molar-refractivity contribution in [2.75, 3.05) is 31.6 Å². The number of nitrogens with zero attached hydrogens (tertiary/aromatic N) is 2. The van der Waals surface area contributed by atoms with Gasteiger partial charge in [0.15, 0.2) is 5.13 Å². The van der Waals surface area contributed by atoms with E-state index in [-0.39, 0.29) is 0 Å². The van der Waals surface area contributed by atoms with Gasteiger partial charge in [0, 0.05) is 31.1 Å². The van der Waals surface area contributed by atoms with Gasteiger partial charge in [0.1, 0.15) is 0 Å². The molecule has 0 atom stereocenters. The molecule has 1 N–H and O–H groups in total. The minimum atomic E-state index is -4.41. The van der Waals surface area contributed by atoms with Crippen LogP contribution in [0.3, 0.4) is 0 Å². The maximum absolute atomic E-state index is 12.7. The van der Waals surface area contributed by atoms with Gasteiger partial charge in [-0.2, -0.15) is 13.2 Å². The normalized spacial score (nSPS) is 16.0. The van der Waals surface area contributed by atoms with Gasteiger partial charge in [0.25, 0.3) is 0 Å². The molecule has 1 fully saturated rings. The Balaban J connectivity index is 1.55. The van der Waals surface area contributed by atoms with E-state index in [9.17, 15) is 18.0 Å². The largest absolute Gasteiger partial charge is 0.416 e. The SMILES string of the molecule is O=C(/C=C/c1cccc(C(F)(F)F)c1)Nc1nc(CN2CCOCC2)cs1. The number of morpholine rings is 1. The van der Waals surface area contributed by atoms with Crippen LogP contribution in [-0.4, -0.2) is 42.1 Å². The molecular weight excluding hydrogens is 379 g/mol. The first-order valence-electron chi connectivity index (χ1n) is 8.31. The summed E-state index contributed by atoms with van der Waals surface area (Å²) in [6.45, 7) is 3.79. The number of benzene rings is 1. The fourth-order valence-electron chi connectivity index (χ4n) is 2.56. The predicted octanol–water partition coefficient (Wildman–Crippen LogP) is 3.65. The van der Waals surface area contributed by atoms with Crippen LogP contribution >= 0.6 is 11.3 Å². The molecular formula is C18H18F3N3O2S. The standard InChI is InChI=1S/C18H18F3N3O2S/c19-18(20,21)14-3-1-2-13(10-14)4-5-16(25)23-17-22-15(12-27-17)11-24-6-8-26-9-7-24/h1-5,10,12H,6-9,11H2,(H,22,23,25)/b5-4+. The molecule has 1 aromatic carbocycles. The van der Waals surface area contributed by atoms with Crippen molar-refractivity contribution in [1.82, 2.24) is 9.88 Å². The number of alkyl halides is 3. The van der Waals surface area contributed by atoms with Crippen LogP contribution in [0.25, 0.3) is 6.08 Å². The second-order valence-electron chi connectivity index (χ2n) is 5.98. The van der Waals surface area contributed by atoms with Gasteiger partial charge < -0.3 is 4.74 Å². The topological polar surface area (TPSA) is 54.5 Å². The fraction of sp³-hybridized carbons (Fsp3) is 0.333. The molecule has 0 saturated carbocycles. The molecule has 0 bridgehead atoms. The summed E-state index contributed by atoms with van der Waals surface area (Å²) in [4.78, 5) is 18.6. The lowest BCUT2D eigenvalue weighted by atomic mass is 10.1. The van der Waals surface area contributed by atoms with Crippen LogP contribution in [0.2, 0.25) is 0 Å². The lowest BCUT2D eigenvalue weighted by molar-refractivity contribution is -0.137. The number of carbonyl (C=O) groups is 1. The Kier molecular flexibility index (Phi) is 6.25. The first-order valence-corrected chi connectivity index (χ1v) is 9.19. The highest BCUT2D eigenvalue weighted by atomic mass is 32.1. The zero-order chi connectivity index (χ0) is 19.3. The highest BCUT2D eigenvalue weighted by Crippen LogP contribution is 2.29. The first kappa shape index (κ1) is 19.5. The number of thiazole rings is 1. The Labute approximate surface area is 158 Å². The average molecular weight is 397 g/mol. The smallest absolute Gasteiger partial charge is 0.379 e. The molecule has 0 aliphatic carbocycles. The fourth-order valence-corrected chi connectivity index (χ4v) is 3.27. The minimum absolute atomic E-state index is 0.298. The molecule has 27 heavy (non-hydrogen) atoms. The van der Waals surface area contributed by atoms with Gasteiger partial charge in [-0.05, 0) is 23.8 Å². The molecule has 1 aliphatic rings. The summed E-state index contributed by atoms with van der Waals surface area (Å²) in [5, 5.41) is 4.96. The van der Waals surface area contributed by atoms with E-state index in [2.05, 4.69) is 15.2 Å². The highest BCUT2D eigenvalue weighted by Gasteiger charge is 2.30. The van der Waals surface area contributed by atoms with E-state index in [4.69, 9.17) is 4.74 Å². The summed E-state index contributed by atoms with van der Waals surface area (Å²) in [5.74, 6) is -0.445. The summed E-state index contributed by atoms with van der Waals surface area (Å²) < 4.78 is 43.4. The number of halogens is 3. The van der Waals surface area contributed by atoms with Crippen LogP contribution < -0.4 is 5.32 Å². The number of anilines is 1. The van der Waals surface area contributed by atoms with Crippen molar-refractivity contribution in [3.63, 3.8) is 0 Å². The summed E-state index contributed by atoms with van der Waals surface area (Å²) in [7, 11) is 0. The Bertz CT molecular complexity index is 814. The lowest BCUT2D eigenvalue weighted by Crippen LogP contribution is -2.35. The monoisotopic (exact) mass is 397 g/mol. The van der Waals surface area contributed by atoms with Crippen molar-refractivity contribution in [3.05, 3.63) is 52.5 Å². The maximum atomic E-state index is 12.7. The summed E-state index contributed by atoms with van der Waals surface area (Å²) in [5.41, 5.74) is 0.406. The molecule has 1 aromatic heterocycles. The second kappa shape index (κ2) is 8.64. The van der Waals surface area contributed by atoms with Crippen LogP contribution in [0, 0.1) is 0 Å². The molecule has 2 aromatic rings. The number of carbonyl (C=O) groups excluding carboxylic acids is 1. The highest BCUT2D eigenvalue weighted by molar-refractivity contribution is 7.13. The van der Waals surface area contributed by atoms with E-state index in [1.807, 2.05) is 5.38 Å². The Hall–Kier alpha value is -2.23. The van der Waals surface area contributed by atoms with Crippen LogP contribution in [0.4, 0.5) is 18.3 Å². The zero-order valence-electron chi connectivity index (χ0n) is 14.3. The van der Waals surface area contributed by atoms with Crippen molar-refractivity contribution < 1.29 is 22.7 Å². The van der Waals surface area contributed by atoms with Crippen LogP contribution in [0.15, 0.2) is 35.7 Å². The number of aromatic nitrogens is 1. The number of hydrogen-bond acceptors (Lipinski definition) is 5. The number of hydrogen-bond donors (Lipinski definition) is 1. The number of rotatable bonds is 5. The summed E-state index contributed by atoms with van der Waals surface area (Å²) in [6.07, 6.45) is -1.88. The van der Waals surface area contributed by atoms with Crippen molar-refractivity contribution >= 4 is 28.5 Å². The molecule has 5 nitrogen and oxygen atoms in total. The Morgan fingerprint density at radius 1 is 1.33 bits per heavy atom. The molecule has 2 heterocycles. The third-order valence-corrected chi connectivity index (χ3v) is 4.72.